The maximum Gasteiger partial charge on any atom is 0.279 e. The summed E-state index contributed by atoms with van der Waals surface area (Å²) < 4.78 is 10.5. The number of amides is 2. The van der Waals surface area contributed by atoms with Crippen LogP contribution in [0.3, 0.4) is 0 Å². The second kappa shape index (κ2) is 7.81. The van der Waals surface area contributed by atoms with Crippen LogP contribution in [-0.2, 0) is 17.8 Å². The van der Waals surface area contributed by atoms with Crippen LogP contribution in [0.15, 0.2) is 40.9 Å². The topological polar surface area (TPSA) is 97.6 Å². The van der Waals surface area contributed by atoms with E-state index >= 15 is 0 Å². The zero-order valence-electron chi connectivity index (χ0n) is 15.2. The zero-order valence-corrected chi connectivity index (χ0v) is 16.0. The largest absolute Gasteiger partial charge is 0.484 e. The molecule has 0 saturated heterocycles. The van der Waals surface area contributed by atoms with Gasteiger partial charge >= 0.3 is 0 Å². The SMILES string of the molecule is Cc1cc(C(=O)Nc2nc3c(s2)CN(C(=O)COc2ccccc2)CC3)no1. The van der Waals surface area contributed by atoms with E-state index in [1.807, 2.05) is 30.3 Å². The summed E-state index contributed by atoms with van der Waals surface area (Å²) in [5, 5.41) is 6.93. The smallest absolute Gasteiger partial charge is 0.279 e. The van der Waals surface area contributed by atoms with Gasteiger partial charge in [-0.15, -0.1) is 0 Å². The Morgan fingerprint density at radius 1 is 1.32 bits per heavy atom. The Hall–Kier alpha value is -3.20. The average Bonchev–Trinajstić information content (AvgIpc) is 3.31. The van der Waals surface area contributed by atoms with Crippen LogP contribution in [0.4, 0.5) is 5.13 Å². The molecule has 0 atom stereocenters. The molecule has 0 fully saturated rings. The number of rotatable bonds is 5. The molecule has 1 N–H and O–H groups in total. The van der Waals surface area contributed by atoms with Crippen LogP contribution in [0.5, 0.6) is 5.75 Å². The summed E-state index contributed by atoms with van der Waals surface area (Å²) in [6, 6.07) is 10.8. The van der Waals surface area contributed by atoms with Crippen molar-refractivity contribution >= 4 is 28.3 Å². The summed E-state index contributed by atoms with van der Waals surface area (Å²) in [6.07, 6.45) is 0.641. The highest BCUT2D eigenvalue weighted by molar-refractivity contribution is 7.15. The molecule has 0 saturated carbocycles. The van der Waals surface area contributed by atoms with Crippen LogP contribution in [0, 0.1) is 6.92 Å². The van der Waals surface area contributed by atoms with Gasteiger partial charge in [-0.05, 0) is 19.1 Å². The van der Waals surface area contributed by atoms with Gasteiger partial charge in [0.1, 0.15) is 11.5 Å². The molecule has 4 rings (SSSR count). The number of fused-ring (bicyclic) bond motifs is 1. The van der Waals surface area contributed by atoms with Gasteiger partial charge in [0.25, 0.3) is 11.8 Å². The molecule has 0 bridgehead atoms. The van der Waals surface area contributed by atoms with Crippen molar-refractivity contribution in [1.29, 1.82) is 0 Å². The Bertz CT molecular complexity index is 999. The van der Waals surface area contributed by atoms with Crippen molar-refractivity contribution in [2.24, 2.45) is 0 Å². The predicted octanol–water partition coefficient (Wildman–Crippen LogP) is 2.66. The Kier molecular flexibility index (Phi) is 5.07. The van der Waals surface area contributed by atoms with E-state index < -0.39 is 0 Å². The van der Waals surface area contributed by atoms with E-state index in [0.717, 1.165) is 10.6 Å². The van der Waals surface area contributed by atoms with E-state index in [0.29, 0.717) is 36.2 Å². The third kappa shape index (κ3) is 4.04. The molecule has 0 spiro atoms. The number of carbonyl (C=O) groups excluding carboxylic acids is 2. The highest BCUT2D eigenvalue weighted by Gasteiger charge is 2.25. The lowest BCUT2D eigenvalue weighted by Crippen LogP contribution is -2.38. The third-order valence-electron chi connectivity index (χ3n) is 4.27. The van der Waals surface area contributed by atoms with E-state index in [1.54, 1.807) is 17.9 Å². The van der Waals surface area contributed by atoms with Gasteiger partial charge in [-0.3, -0.25) is 14.9 Å². The lowest BCUT2D eigenvalue weighted by atomic mass is 10.2. The van der Waals surface area contributed by atoms with Crippen molar-refractivity contribution in [3.8, 4) is 5.75 Å². The lowest BCUT2D eigenvalue weighted by Gasteiger charge is -2.26. The minimum absolute atomic E-state index is 0.00669. The van der Waals surface area contributed by atoms with Crippen molar-refractivity contribution in [1.82, 2.24) is 15.0 Å². The number of thiazole rings is 1. The minimum atomic E-state index is -0.368. The highest BCUT2D eigenvalue weighted by atomic mass is 32.1. The quantitative estimate of drug-likeness (QED) is 0.710. The normalized spacial score (nSPS) is 13.1. The van der Waals surface area contributed by atoms with E-state index in [4.69, 9.17) is 9.26 Å². The fourth-order valence-electron chi connectivity index (χ4n) is 2.85. The number of benzene rings is 1. The average molecular weight is 398 g/mol. The van der Waals surface area contributed by atoms with Gasteiger partial charge in [-0.25, -0.2) is 4.98 Å². The molecular formula is C19H18N4O4S. The van der Waals surface area contributed by atoms with Crippen molar-refractivity contribution in [2.45, 2.75) is 19.9 Å². The van der Waals surface area contributed by atoms with Gasteiger partial charge in [-0.1, -0.05) is 34.7 Å². The first-order valence-corrected chi connectivity index (χ1v) is 9.59. The van der Waals surface area contributed by atoms with Crippen LogP contribution in [0.25, 0.3) is 0 Å². The molecule has 0 unspecified atom stereocenters. The van der Waals surface area contributed by atoms with Crippen molar-refractivity contribution in [3.05, 3.63) is 58.4 Å². The second-order valence-electron chi connectivity index (χ2n) is 6.33. The van der Waals surface area contributed by atoms with Gasteiger partial charge in [-0.2, -0.15) is 0 Å². The molecule has 9 heteroatoms. The Balaban J connectivity index is 1.36. The van der Waals surface area contributed by atoms with Gasteiger partial charge < -0.3 is 14.2 Å². The van der Waals surface area contributed by atoms with Gasteiger partial charge in [0.15, 0.2) is 17.4 Å². The number of nitrogens with zero attached hydrogens (tertiary/aromatic N) is 3. The number of para-hydroxylation sites is 1. The molecule has 2 amide bonds. The maximum atomic E-state index is 12.4. The van der Waals surface area contributed by atoms with Gasteiger partial charge in [0.05, 0.1) is 12.2 Å². The summed E-state index contributed by atoms with van der Waals surface area (Å²) >= 11 is 1.36. The third-order valence-corrected chi connectivity index (χ3v) is 5.27. The maximum absolute atomic E-state index is 12.4. The van der Waals surface area contributed by atoms with Crippen molar-refractivity contribution in [3.63, 3.8) is 0 Å². The predicted molar refractivity (Wildman–Crippen MR) is 102 cm³/mol. The summed E-state index contributed by atoms with van der Waals surface area (Å²) in [5.74, 6) is 0.786. The first-order valence-electron chi connectivity index (χ1n) is 8.77. The Morgan fingerprint density at radius 2 is 2.14 bits per heavy atom. The van der Waals surface area contributed by atoms with E-state index in [2.05, 4.69) is 15.5 Å². The molecule has 1 aliphatic heterocycles. The minimum Gasteiger partial charge on any atom is -0.484 e. The van der Waals surface area contributed by atoms with Gasteiger partial charge in [0, 0.05) is 23.9 Å². The fourth-order valence-corrected chi connectivity index (χ4v) is 3.87. The molecule has 1 aromatic carbocycles. The van der Waals surface area contributed by atoms with Crippen LogP contribution in [0.1, 0.15) is 26.8 Å². The van der Waals surface area contributed by atoms with Crippen LogP contribution < -0.4 is 10.1 Å². The number of carbonyl (C=O) groups is 2. The van der Waals surface area contributed by atoms with Gasteiger partial charge in [0.2, 0.25) is 0 Å². The molecular weight excluding hydrogens is 380 g/mol. The number of hydrogen-bond donors (Lipinski definition) is 1. The molecule has 1 aliphatic rings. The molecule has 0 aliphatic carbocycles. The van der Waals surface area contributed by atoms with E-state index in [1.165, 1.54) is 11.3 Å². The highest BCUT2D eigenvalue weighted by Crippen LogP contribution is 2.28. The first-order chi connectivity index (χ1) is 13.6. The molecule has 0 radical (unpaired) electrons. The second-order valence-corrected chi connectivity index (χ2v) is 7.42. The number of ether oxygens (including phenoxy) is 1. The summed E-state index contributed by atoms with van der Waals surface area (Å²) in [6.45, 7) is 2.75. The molecule has 3 aromatic rings. The number of anilines is 1. The van der Waals surface area contributed by atoms with Crippen LogP contribution in [0.2, 0.25) is 0 Å². The molecule has 2 aromatic heterocycles. The first kappa shape index (κ1) is 18.2. The standard InChI is InChI=1S/C19H18N4O4S/c1-12-9-15(22-27-12)18(25)21-19-20-14-7-8-23(10-16(14)28-19)17(24)11-26-13-5-3-2-4-6-13/h2-6,9H,7-8,10-11H2,1H3,(H,20,21,25). The molecule has 144 valence electrons. The lowest BCUT2D eigenvalue weighted by molar-refractivity contribution is -0.134. The molecule has 8 nitrogen and oxygen atoms in total. The molecule has 3 heterocycles. The monoisotopic (exact) mass is 398 g/mol. The summed E-state index contributed by atoms with van der Waals surface area (Å²) in [5.41, 5.74) is 1.12. The van der Waals surface area contributed by atoms with E-state index in [9.17, 15) is 9.59 Å². The zero-order chi connectivity index (χ0) is 19.5. The fraction of sp³-hybridized carbons (Fsp3) is 0.263. The van der Waals surface area contributed by atoms with Crippen molar-refractivity contribution in [2.75, 3.05) is 18.5 Å². The Morgan fingerprint density at radius 3 is 2.89 bits per heavy atom. The van der Waals surface area contributed by atoms with E-state index in [-0.39, 0.29) is 24.1 Å². The Labute approximate surface area is 165 Å². The number of hydrogen-bond acceptors (Lipinski definition) is 7. The molecule has 28 heavy (non-hydrogen) atoms. The summed E-state index contributed by atoms with van der Waals surface area (Å²) in [4.78, 5) is 31.8. The van der Waals surface area contributed by atoms with Crippen LogP contribution in [-0.4, -0.2) is 40.0 Å². The summed E-state index contributed by atoms with van der Waals surface area (Å²) in [7, 11) is 0. The number of nitrogens with one attached hydrogen (secondary N) is 1. The van der Waals surface area contributed by atoms with Crippen molar-refractivity contribution < 1.29 is 18.8 Å². The number of aromatic nitrogens is 2. The van der Waals surface area contributed by atoms with Crippen LogP contribution >= 0.6 is 11.3 Å². The number of aryl methyl sites for hydroxylation is 1.